The van der Waals surface area contributed by atoms with Gasteiger partial charge in [0.2, 0.25) is 0 Å². The molecule has 0 unspecified atom stereocenters. The van der Waals surface area contributed by atoms with Crippen LogP contribution in [0.5, 0.6) is 0 Å². The number of halogens is 2. The lowest BCUT2D eigenvalue weighted by Crippen LogP contribution is -2.45. The standard InChI is InChI=1S/C23H24F2N4O/c24-18-7-3-5-16(20(18)25)13-28-11-4-9-23(14-28)10-12-29(15-23)22(30)21-17-6-1-2-8-19(17)26-27-21/h1-3,5-8H,4,9-15H2,(H,26,27)/t23-/m0/s1. The molecule has 0 radical (unpaired) electrons. The Balaban J connectivity index is 1.30. The van der Waals surface area contributed by atoms with Crippen LogP contribution in [-0.2, 0) is 6.54 Å². The van der Waals surface area contributed by atoms with Gasteiger partial charge in [0.25, 0.3) is 5.91 Å². The summed E-state index contributed by atoms with van der Waals surface area (Å²) in [5.74, 6) is -1.61. The summed E-state index contributed by atoms with van der Waals surface area (Å²) in [5.41, 5.74) is 1.72. The first kappa shape index (κ1) is 19.2. The molecule has 1 amide bonds. The molecule has 7 heteroatoms. The van der Waals surface area contributed by atoms with Gasteiger partial charge in [0.15, 0.2) is 17.3 Å². The van der Waals surface area contributed by atoms with Gasteiger partial charge in [0, 0.05) is 42.5 Å². The molecule has 1 spiro atoms. The van der Waals surface area contributed by atoms with Crippen LogP contribution in [0.3, 0.4) is 0 Å². The molecule has 2 saturated heterocycles. The first-order chi connectivity index (χ1) is 14.5. The normalized spacial score (nSPS) is 22.3. The highest BCUT2D eigenvalue weighted by atomic mass is 19.2. The van der Waals surface area contributed by atoms with E-state index in [0.717, 1.165) is 49.3 Å². The molecule has 1 N–H and O–H groups in total. The Labute approximate surface area is 173 Å². The average molecular weight is 410 g/mol. The highest BCUT2D eigenvalue weighted by molar-refractivity contribution is 6.04. The molecule has 30 heavy (non-hydrogen) atoms. The van der Waals surface area contributed by atoms with E-state index in [9.17, 15) is 13.6 Å². The first-order valence-electron chi connectivity index (χ1n) is 10.4. The third kappa shape index (κ3) is 3.37. The van der Waals surface area contributed by atoms with Crippen LogP contribution in [0.4, 0.5) is 8.78 Å². The topological polar surface area (TPSA) is 52.2 Å². The summed E-state index contributed by atoms with van der Waals surface area (Å²) in [5, 5.41) is 8.04. The summed E-state index contributed by atoms with van der Waals surface area (Å²) in [6.45, 7) is 3.41. The van der Waals surface area contributed by atoms with E-state index >= 15 is 0 Å². The van der Waals surface area contributed by atoms with E-state index in [0.29, 0.717) is 30.9 Å². The van der Waals surface area contributed by atoms with Gasteiger partial charge >= 0.3 is 0 Å². The molecule has 2 aromatic carbocycles. The third-order valence-corrected chi connectivity index (χ3v) is 6.56. The molecule has 2 fully saturated rings. The number of hydrogen-bond donors (Lipinski definition) is 1. The predicted octanol–water partition coefficient (Wildman–Crippen LogP) is 3.97. The number of rotatable bonds is 3. The fourth-order valence-corrected chi connectivity index (χ4v) is 5.07. The van der Waals surface area contributed by atoms with Gasteiger partial charge in [-0.1, -0.05) is 30.3 Å². The zero-order valence-corrected chi connectivity index (χ0v) is 16.7. The van der Waals surface area contributed by atoms with Crippen molar-refractivity contribution in [2.24, 2.45) is 5.41 Å². The van der Waals surface area contributed by atoms with E-state index in [2.05, 4.69) is 15.1 Å². The number of nitrogens with zero attached hydrogens (tertiary/aromatic N) is 3. The maximum atomic E-state index is 14.1. The molecule has 1 atom stereocenters. The Morgan fingerprint density at radius 2 is 1.93 bits per heavy atom. The second-order valence-electron chi connectivity index (χ2n) is 8.62. The molecule has 2 aliphatic rings. The van der Waals surface area contributed by atoms with Crippen molar-refractivity contribution >= 4 is 16.8 Å². The lowest BCUT2D eigenvalue weighted by molar-refractivity contribution is 0.0670. The smallest absolute Gasteiger partial charge is 0.275 e. The van der Waals surface area contributed by atoms with Crippen LogP contribution in [0.25, 0.3) is 10.9 Å². The van der Waals surface area contributed by atoms with Crippen molar-refractivity contribution in [3.63, 3.8) is 0 Å². The van der Waals surface area contributed by atoms with Gasteiger partial charge in [-0.3, -0.25) is 14.8 Å². The van der Waals surface area contributed by atoms with Gasteiger partial charge in [0.05, 0.1) is 5.52 Å². The minimum atomic E-state index is -0.803. The minimum Gasteiger partial charge on any atom is -0.337 e. The molecular weight excluding hydrogens is 386 g/mol. The van der Waals surface area contributed by atoms with Gasteiger partial charge in [-0.15, -0.1) is 0 Å². The zero-order chi connectivity index (χ0) is 20.7. The number of para-hydroxylation sites is 1. The Bertz CT molecular complexity index is 1100. The summed E-state index contributed by atoms with van der Waals surface area (Å²) in [6, 6.07) is 12.0. The van der Waals surface area contributed by atoms with Crippen LogP contribution in [0.2, 0.25) is 0 Å². The Kier molecular flexibility index (Phi) is 4.77. The maximum absolute atomic E-state index is 14.1. The number of piperidine rings is 1. The highest BCUT2D eigenvalue weighted by Crippen LogP contribution is 2.40. The van der Waals surface area contributed by atoms with Crippen molar-refractivity contribution in [1.82, 2.24) is 20.0 Å². The molecule has 156 valence electrons. The molecule has 3 heterocycles. The van der Waals surface area contributed by atoms with Crippen LogP contribution >= 0.6 is 0 Å². The van der Waals surface area contributed by atoms with Gasteiger partial charge in [-0.05, 0) is 37.9 Å². The molecular formula is C23H24F2N4O. The first-order valence-corrected chi connectivity index (χ1v) is 10.4. The van der Waals surface area contributed by atoms with Crippen LogP contribution < -0.4 is 0 Å². The lowest BCUT2D eigenvalue weighted by atomic mass is 9.79. The van der Waals surface area contributed by atoms with E-state index in [1.165, 1.54) is 0 Å². The number of likely N-dealkylation sites (tertiary alicyclic amines) is 2. The second kappa shape index (κ2) is 7.47. The van der Waals surface area contributed by atoms with E-state index < -0.39 is 11.6 Å². The van der Waals surface area contributed by atoms with Crippen molar-refractivity contribution in [3.8, 4) is 0 Å². The fourth-order valence-electron chi connectivity index (χ4n) is 5.07. The average Bonchev–Trinajstić information content (AvgIpc) is 3.36. The third-order valence-electron chi connectivity index (χ3n) is 6.56. The van der Waals surface area contributed by atoms with Crippen molar-refractivity contribution < 1.29 is 13.6 Å². The van der Waals surface area contributed by atoms with Crippen molar-refractivity contribution in [2.45, 2.75) is 25.8 Å². The molecule has 5 nitrogen and oxygen atoms in total. The molecule has 3 aromatic rings. The van der Waals surface area contributed by atoms with E-state index in [-0.39, 0.29) is 11.3 Å². The fraction of sp³-hybridized carbons (Fsp3) is 0.391. The SMILES string of the molecule is O=C(c1n[nH]c2ccccc12)N1CC[C@]2(CCCN(Cc3cccc(F)c3F)C2)C1. The summed E-state index contributed by atoms with van der Waals surface area (Å²) in [7, 11) is 0. The van der Waals surface area contributed by atoms with Crippen LogP contribution in [0.15, 0.2) is 42.5 Å². The number of amides is 1. The number of fused-ring (bicyclic) bond motifs is 1. The largest absolute Gasteiger partial charge is 0.337 e. The number of H-pyrrole nitrogens is 1. The number of carbonyl (C=O) groups excluding carboxylic acids is 1. The summed E-state index contributed by atoms with van der Waals surface area (Å²) in [6.07, 6.45) is 2.95. The molecule has 5 rings (SSSR count). The monoisotopic (exact) mass is 410 g/mol. The number of carbonyl (C=O) groups is 1. The van der Waals surface area contributed by atoms with Crippen molar-refractivity contribution in [2.75, 3.05) is 26.2 Å². The van der Waals surface area contributed by atoms with Crippen LogP contribution in [-0.4, -0.2) is 52.1 Å². The number of aromatic amines is 1. The predicted molar refractivity (Wildman–Crippen MR) is 110 cm³/mol. The molecule has 0 bridgehead atoms. The zero-order valence-electron chi connectivity index (χ0n) is 16.7. The number of hydrogen-bond acceptors (Lipinski definition) is 3. The van der Waals surface area contributed by atoms with Gasteiger partial charge in [-0.25, -0.2) is 8.78 Å². The van der Waals surface area contributed by atoms with Crippen molar-refractivity contribution in [3.05, 3.63) is 65.4 Å². The van der Waals surface area contributed by atoms with Gasteiger partial charge < -0.3 is 4.90 Å². The highest BCUT2D eigenvalue weighted by Gasteiger charge is 2.43. The molecule has 0 saturated carbocycles. The van der Waals surface area contributed by atoms with Gasteiger partial charge in [0.1, 0.15) is 0 Å². The maximum Gasteiger partial charge on any atom is 0.275 e. The summed E-state index contributed by atoms with van der Waals surface area (Å²) in [4.78, 5) is 17.2. The Hall–Kier alpha value is -2.80. The minimum absolute atomic E-state index is 0.00379. The Morgan fingerprint density at radius 1 is 1.07 bits per heavy atom. The summed E-state index contributed by atoms with van der Waals surface area (Å²) >= 11 is 0. The van der Waals surface area contributed by atoms with Gasteiger partial charge in [-0.2, -0.15) is 5.10 Å². The number of aromatic nitrogens is 2. The van der Waals surface area contributed by atoms with E-state index in [4.69, 9.17) is 0 Å². The van der Waals surface area contributed by atoms with Crippen LogP contribution in [0, 0.1) is 17.0 Å². The summed E-state index contributed by atoms with van der Waals surface area (Å²) < 4.78 is 27.7. The molecule has 1 aromatic heterocycles. The second-order valence-corrected chi connectivity index (χ2v) is 8.62. The molecule has 2 aliphatic heterocycles. The number of nitrogens with one attached hydrogen (secondary N) is 1. The number of benzene rings is 2. The van der Waals surface area contributed by atoms with E-state index in [1.54, 1.807) is 12.1 Å². The molecule has 0 aliphatic carbocycles. The van der Waals surface area contributed by atoms with E-state index in [1.807, 2.05) is 29.2 Å². The Morgan fingerprint density at radius 3 is 2.83 bits per heavy atom. The lowest BCUT2D eigenvalue weighted by Gasteiger charge is -2.40. The van der Waals surface area contributed by atoms with Crippen LogP contribution in [0.1, 0.15) is 35.3 Å². The van der Waals surface area contributed by atoms with Crippen molar-refractivity contribution in [1.29, 1.82) is 0 Å². The quantitative estimate of drug-likeness (QED) is 0.711.